The van der Waals surface area contributed by atoms with Crippen LogP contribution in [0.4, 0.5) is 4.79 Å². The fraction of sp³-hybridized carbons (Fsp3) is 0.429. The van der Waals surface area contributed by atoms with Gasteiger partial charge in [0.1, 0.15) is 6.10 Å². The molecule has 1 N–H and O–H groups in total. The zero-order chi connectivity index (χ0) is 19.1. The number of nitrogens with one attached hydrogen (secondary N) is 1. The number of piperidine rings is 1. The lowest BCUT2D eigenvalue weighted by molar-refractivity contribution is 0.0990. The van der Waals surface area contributed by atoms with E-state index in [-0.39, 0.29) is 12.1 Å². The van der Waals surface area contributed by atoms with Crippen molar-refractivity contribution in [2.75, 3.05) is 26.7 Å². The summed E-state index contributed by atoms with van der Waals surface area (Å²) in [5.74, 6) is 1.43. The Hall–Kier alpha value is -2.76. The SMILES string of the molecule is COc1ccccc1OC1CCCN(C(=O)NCCc2cccc(C)n2)C1. The fourth-order valence-electron chi connectivity index (χ4n) is 3.26. The van der Waals surface area contributed by atoms with Crippen molar-refractivity contribution >= 4 is 6.03 Å². The van der Waals surface area contributed by atoms with Crippen molar-refractivity contribution in [1.82, 2.24) is 15.2 Å². The van der Waals surface area contributed by atoms with Gasteiger partial charge in [-0.2, -0.15) is 0 Å². The van der Waals surface area contributed by atoms with Crippen molar-refractivity contribution in [1.29, 1.82) is 0 Å². The predicted molar refractivity (Wildman–Crippen MR) is 104 cm³/mol. The Morgan fingerprint density at radius 2 is 2.04 bits per heavy atom. The average molecular weight is 369 g/mol. The third-order valence-corrected chi connectivity index (χ3v) is 4.63. The first-order chi connectivity index (χ1) is 13.2. The molecule has 144 valence electrons. The molecular formula is C21H27N3O3. The van der Waals surface area contributed by atoms with E-state index in [4.69, 9.17) is 9.47 Å². The van der Waals surface area contributed by atoms with Gasteiger partial charge in [0.05, 0.1) is 13.7 Å². The molecule has 0 saturated carbocycles. The predicted octanol–water partition coefficient (Wildman–Crippen LogP) is 3.19. The largest absolute Gasteiger partial charge is 0.493 e. The van der Waals surface area contributed by atoms with Crippen LogP contribution < -0.4 is 14.8 Å². The van der Waals surface area contributed by atoms with Crippen molar-refractivity contribution in [3.8, 4) is 11.5 Å². The average Bonchev–Trinajstić information content (AvgIpc) is 2.68. The van der Waals surface area contributed by atoms with Crippen molar-refractivity contribution in [2.45, 2.75) is 32.3 Å². The highest BCUT2D eigenvalue weighted by Gasteiger charge is 2.25. The number of nitrogens with zero attached hydrogens (tertiary/aromatic N) is 2. The Balaban J connectivity index is 1.49. The lowest BCUT2D eigenvalue weighted by Gasteiger charge is -2.33. The number of ether oxygens (including phenoxy) is 2. The summed E-state index contributed by atoms with van der Waals surface area (Å²) in [5, 5.41) is 2.99. The first-order valence-corrected chi connectivity index (χ1v) is 9.40. The van der Waals surface area contributed by atoms with Crippen LogP contribution in [-0.2, 0) is 6.42 Å². The van der Waals surface area contributed by atoms with E-state index in [2.05, 4.69) is 10.3 Å². The number of pyridine rings is 1. The van der Waals surface area contributed by atoms with Crippen LogP contribution in [0.1, 0.15) is 24.2 Å². The van der Waals surface area contributed by atoms with Crippen LogP contribution in [0.25, 0.3) is 0 Å². The number of aryl methyl sites for hydroxylation is 1. The van der Waals surface area contributed by atoms with E-state index in [0.29, 0.717) is 18.8 Å². The van der Waals surface area contributed by atoms with E-state index >= 15 is 0 Å². The second kappa shape index (κ2) is 9.26. The summed E-state index contributed by atoms with van der Waals surface area (Å²) in [7, 11) is 1.63. The maximum Gasteiger partial charge on any atom is 0.317 e. The van der Waals surface area contributed by atoms with Crippen molar-refractivity contribution in [3.63, 3.8) is 0 Å². The lowest BCUT2D eigenvalue weighted by atomic mass is 10.1. The Bertz CT molecular complexity index is 766. The summed E-state index contributed by atoms with van der Waals surface area (Å²) in [6, 6.07) is 13.5. The highest BCUT2D eigenvalue weighted by atomic mass is 16.5. The van der Waals surface area contributed by atoms with Crippen molar-refractivity contribution in [3.05, 3.63) is 53.9 Å². The molecule has 1 unspecified atom stereocenters. The Morgan fingerprint density at radius 3 is 2.81 bits per heavy atom. The summed E-state index contributed by atoms with van der Waals surface area (Å²) < 4.78 is 11.4. The smallest absolute Gasteiger partial charge is 0.317 e. The number of urea groups is 1. The van der Waals surface area contributed by atoms with E-state index in [9.17, 15) is 4.79 Å². The molecule has 3 rings (SSSR count). The van der Waals surface area contributed by atoms with Gasteiger partial charge in [0.2, 0.25) is 0 Å². The number of aromatic nitrogens is 1. The molecule has 2 aromatic rings. The summed E-state index contributed by atoms with van der Waals surface area (Å²) in [4.78, 5) is 18.8. The number of amides is 2. The quantitative estimate of drug-likeness (QED) is 0.849. The van der Waals surface area contributed by atoms with Gasteiger partial charge in [-0.1, -0.05) is 18.2 Å². The molecule has 6 nitrogen and oxygen atoms in total. The Labute approximate surface area is 160 Å². The minimum atomic E-state index is -0.0454. The standard InChI is InChI=1S/C21H27N3O3/c1-16-7-5-8-17(23-16)12-13-22-21(25)24-14-6-9-18(15-24)27-20-11-4-3-10-19(20)26-2/h3-5,7-8,10-11,18H,6,9,12-15H2,1-2H3,(H,22,25). The zero-order valence-electron chi connectivity index (χ0n) is 16.0. The minimum Gasteiger partial charge on any atom is -0.493 e. The number of rotatable bonds is 6. The lowest BCUT2D eigenvalue weighted by Crippen LogP contribution is -2.48. The Morgan fingerprint density at radius 1 is 1.22 bits per heavy atom. The molecule has 1 aromatic carbocycles. The normalized spacial score (nSPS) is 16.7. The number of carbonyl (C=O) groups is 1. The first-order valence-electron chi connectivity index (χ1n) is 9.40. The van der Waals surface area contributed by atoms with Crippen LogP contribution in [0.15, 0.2) is 42.5 Å². The number of hydrogen-bond acceptors (Lipinski definition) is 4. The second-order valence-corrected chi connectivity index (χ2v) is 6.73. The Kier molecular flexibility index (Phi) is 6.52. The number of carbonyl (C=O) groups excluding carboxylic acids is 1. The van der Waals surface area contributed by atoms with Crippen LogP contribution in [0.3, 0.4) is 0 Å². The number of benzene rings is 1. The molecule has 1 saturated heterocycles. The monoisotopic (exact) mass is 369 g/mol. The molecule has 0 radical (unpaired) electrons. The molecule has 2 heterocycles. The maximum absolute atomic E-state index is 12.5. The number of para-hydroxylation sites is 2. The van der Waals surface area contributed by atoms with Crippen molar-refractivity contribution < 1.29 is 14.3 Å². The molecule has 2 amide bonds. The van der Waals surface area contributed by atoms with E-state index in [1.165, 1.54) is 0 Å². The first kappa shape index (κ1) is 19.0. The molecule has 27 heavy (non-hydrogen) atoms. The third kappa shape index (κ3) is 5.36. The highest BCUT2D eigenvalue weighted by molar-refractivity contribution is 5.74. The molecule has 0 spiro atoms. The van der Waals surface area contributed by atoms with Crippen LogP contribution >= 0.6 is 0 Å². The van der Waals surface area contributed by atoms with Crippen LogP contribution in [0.5, 0.6) is 11.5 Å². The summed E-state index contributed by atoms with van der Waals surface area (Å²) >= 11 is 0. The van der Waals surface area contributed by atoms with Gasteiger partial charge in [-0.05, 0) is 44.0 Å². The van der Waals surface area contributed by atoms with Gasteiger partial charge in [0, 0.05) is 30.9 Å². The number of likely N-dealkylation sites (tertiary alicyclic amines) is 1. The molecule has 1 aliphatic rings. The summed E-state index contributed by atoms with van der Waals surface area (Å²) in [6.07, 6.45) is 2.55. The van der Waals surface area contributed by atoms with Gasteiger partial charge in [-0.3, -0.25) is 4.98 Å². The van der Waals surface area contributed by atoms with E-state index in [1.807, 2.05) is 54.3 Å². The molecule has 1 aliphatic heterocycles. The highest BCUT2D eigenvalue weighted by Crippen LogP contribution is 2.28. The van der Waals surface area contributed by atoms with Gasteiger partial charge in [-0.15, -0.1) is 0 Å². The van der Waals surface area contributed by atoms with Gasteiger partial charge in [-0.25, -0.2) is 4.79 Å². The molecular weight excluding hydrogens is 342 g/mol. The van der Waals surface area contributed by atoms with Gasteiger partial charge in [0.25, 0.3) is 0 Å². The number of methoxy groups -OCH3 is 1. The van der Waals surface area contributed by atoms with E-state index in [0.717, 1.165) is 42.9 Å². The van der Waals surface area contributed by atoms with E-state index in [1.54, 1.807) is 7.11 Å². The maximum atomic E-state index is 12.5. The number of hydrogen-bond donors (Lipinski definition) is 1. The molecule has 1 atom stereocenters. The summed E-state index contributed by atoms with van der Waals surface area (Å²) in [5.41, 5.74) is 1.98. The van der Waals surface area contributed by atoms with Gasteiger partial charge >= 0.3 is 6.03 Å². The van der Waals surface area contributed by atoms with Crippen LogP contribution in [0.2, 0.25) is 0 Å². The fourth-order valence-corrected chi connectivity index (χ4v) is 3.26. The topological polar surface area (TPSA) is 63.7 Å². The molecule has 1 fully saturated rings. The second-order valence-electron chi connectivity index (χ2n) is 6.73. The molecule has 0 aliphatic carbocycles. The molecule has 6 heteroatoms. The summed E-state index contributed by atoms with van der Waals surface area (Å²) in [6.45, 7) is 3.87. The van der Waals surface area contributed by atoms with Gasteiger partial charge in [0.15, 0.2) is 11.5 Å². The van der Waals surface area contributed by atoms with Crippen LogP contribution in [-0.4, -0.2) is 48.8 Å². The minimum absolute atomic E-state index is 0.0285. The van der Waals surface area contributed by atoms with Crippen molar-refractivity contribution in [2.24, 2.45) is 0 Å². The molecule has 0 bridgehead atoms. The molecule has 1 aromatic heterocycles. The van der Waals surface area contributed by atoms with Gasteiger partial charge < -0.3 is 19.7 Å². The van der Waals surface area contributed by atoms with Crippen LogP contribution in [0, 0.1) is 6.92 Å². The van der Waals surface area contributed by atoms with E-state index < -0.39 is 0 Å². The third-order valence-electron chi connectivity index (χ3n) is 4.63. The zero-order valence-corrected chi connectivity index (χ0v) is 16.0.